The number of piperidine rings is 1. The number of anilines is 2. The highest BCUT2D eigenvalue weighted by molar-refractivity contribution is 7.98. The molecule has 1 saturated heterocycles. The minimum absolute atomic E-state index is 0.361. The summed E-state index contributed by atoms with van der Waals surface area (Å²) >= 11 is 1.51. The Kier molecular flexibility index (Phi) is 5.24. The van der Waals surface area contributed by atoms with Crippen LogP contribution in [-0.4, -0.2) is 43.8 Å². The maximum Gasteiger partial charge on any atom is 0.191 e. The van der Waals surface area contributed by atoms with Gasteiger partial charge in [0.25, 0.3) is 0 Å². The van der Waals surface area contributed by atoms with Crippen LogP contribution in [0.15, 0.2) is 48.1 Å². The van der Waals surface area contributed by atoms with Gasteiger partial charge in [0.1, 0.15) is 17.5 Å². The Balaban J connectivity index is 1.54. The topological polar surface area (TPSA) is 85.8 Å². The van der Waals surface area contributed by atoms with Gasteiger partial charge in [0.05, 0.1) is 6.54 Å². The van der Waals surface area contributed by atoms with Crippen molar-refractivity contribution in [1.29, 1.82) is 0 Å². The summed E-state index contributed by atoms with van der Waals surface area (Å²) in [5.41, 5.74) is 7.15. The molecule has 3 aromatic rings. The molecule has 3 aromatic heterocycles. The number of imidazole rings is 1. The number of nitrogens with two attached hydrogens (primary N) is 1. The Morgan fingerprint density at radius 2 is 2.22 bits per heavy atom. The van der Waals surface area contributed by atoms with Crippen molar-refractivity contribution in [2.24, 2.45) is 0 Å². The van der Waals surface area contributed by atoms with Gasteiger partial charge in [-0.25, -0.2) is 15.0 Å². The summed E-state index contributed by atoms with van der Waals surface area (Å²) in [6.07, 6.45) is 11.8. The number of aromatic nitrogens is 5. The average Bonchev–Trinajstić information content (AvgIpc) is 3.16. The Labute approximate surface area is 163 Å². The molecule has 0 saturated carbocycles. The van der Waals surface area contributed by atoms with E-state index in [-0.39, 0.29) is 0 Å². The molecule has 4 rings (SSSR count). The lowest BCUT2D eigenvalue weighted by molar-refractivity contribution is 0.473. The van der Waals surface area contributed by atoms with Gasteiger partial charge >= 0.3 is 0 Å². The lowest BCUT2D eigenvalue weighted by Crippen LogP contribution is -2.36. The predicted molar refractivity (Wildman–Crippen MR) is 108 cm³/mol. The molecule has 1 aliphatic rings. The predicted octanol–water partition coefficient (Wildman–Crippen LogP) is 2.80. The van der Waals surface area contributed by atoms with Crippen molar-refractivity contribution in [1.82, 2.24) is 24.5 Å². The normalized spacial score (nSPS) is 17.2. The van der Waals surface area contributed by atoms with Crippen molar-refractivity contribution in [2.45, 2.75) is 30.5 Å². The second kappa shape index (κ2) is 7.96. The molecule has 0 spiro atoms. The fourth-order valence-electron chi connectivity index (χ4n) is 3.58. The number of nitrogens with zero attached hydrogens (tertiary/aromatic N) is 6. The summed E-state index contributed by atoms with van der Waals surface area (Å²) in [6.45, 7) is 2.65. The monoisotopic (exact) mass is 381 g/mol. The van der Waals surface area contributed by atoms with Gasteiger partial charge in [-0.3, -0.25) is 4.98 Å². The van der Waals surface area contributed by atoms with E-state index in [1.807, 2.05) is 30.8 Å². The first-order valence-corrected chi connectivity index (χ1v) is 10.3. The first kappa shape index (κ1) is 17.8. The lowest BCUT2D eigenvalue weighted by Gasteiger charge is -2.33. The number of hydrogen-bond acceptors (Lipinski definition) is 7. The maximum absolute atomic E-state index is 5.97. The maximum atomic E-state index is 5.97. The minimum Gasteiger partial charge on any atom is -0.383 e. The van der Waals surface area contributed by atoms with Crippen LogP contribution in [-0.2, 0) is 6.54 Å². The second-order valence-electron chi connectivity index (χ2n) is 6.70. The van der Waals surface area contributed by atoms with Crippen molar-refractivity contribution >= 4 is 23.4 Å². The van der Waals surface area contributed by atoms with E-state index in [4.69, 9.17) is 5.73 Å². The van der Waals surface area contributed by atoms with Crippen LogP contribution in [0.4, 0.5) is 11.6 Å². The van der Waals surface area contributed by atoms with Gasteiger partial charge in [0.2, 0.25) is 0 Å². The first-order valence-electron chi connectivity index (χ1n) is 9.06. The third-order valence-electron chi connectivity index (χ3n) is 4.83. The lowest BCUT2D eigenvalue weighted by atomic mass is 9.97. The molecule has 140 valence electrons. The van der Waals surface area contributed by atoms with E-state index in [9.17, 15) is 0 Å². The van der Waals surface area contributed by atoms with Gasteiger partial charge in [-0.15, -0.1) is 0 Å². The fraction of sp³-hybridized carbons (Fsp3) is 0.368. The SMILES string of the molecule is CSc1nc(N)cc(N2CCC[C@H](c3nccn3Cc3cccnc3)C2)n1. The van der Waals surface area contributed by atoms with E-state index < -0.39 is 0 Å². The second-order valence-corrected chi connectivity index (χ2v) is 7.47. The molecule has 1 atom stereocenters. The van der Waals surface area contributed by atoms with Gasteiger partial charge in [-0.1, -0.05) is 17.8 Å². The Hall–Kier alpha value is -2.61. The quantitative estimate of drug-likeness (QED) is 0.537. The van der Waals surface area contributed by atoms with E-state index in [1.54, 1.807) is 6.20 Å². The highest BCUT2D eigenvalue weighted by atomic mass is 32.2. The van der Waals surface area contributed by atoms with Gasteiger partial charge in [0.15, 0.2) is 5.16 Å². The molecule has 8 heteroatoms. The highest BCUT2D eigenvalue weighted by Gasteiger charge is 2.26. The van der Waals surface area contributed by atoms with E-state index in [1.165, 1.54) is 17.3 Å². The summed E-state index contributed by atoms with van der Waals surface area (Å²) in [4.78, 5) is 20.1. The molecule has 0 aromatic carbocycles. The van der Waals surface area contributed by atoms with Crippen LogP contribution < -0.4 is 10.6 Å². The summed E-state index contributed by atoms with van der Waals surface area (Å²) in [5.74, 6) is 2.90. The van der Waals surface area contributed by atoms with Crippen LogP contribution in [0.2, 0.25) is 0 Å². The molecule has 0 aliphatic carbocycles. The van der Waals surface area contributed by atoms with Crippen LogP contribution in [0, 0.1) is 0 Å². The highest BCUT2D eigenvalue weighted by Crippen LogP contribution is 2.30. The van der Waals surface area contributed by atoms with Crippen molar-refractivity contribution in [3.8, 4) is 0 Å². The van der Waals surface area contributed by atoms with E-state index in [2.05, 4.69) is 41.7 Å². The van der Waals surface area contributed by atoms with Crippen LogP contribution in [0.1, 0.15) is 30.1 Å². The summed E-state index contributed by atoms with van der Waals surface area (Å²) in [5, 5.41) is 0.713. The zero-order chi connectivity index (χ0) is 18.6. The fourth-order valence-corrected chi connectivity index (χ4v) is 3.96. The molecule has 0 amide bonds. The third kappa shape index (κ3) is 4.05. The average molecular weight is 382 g/mol. The first-order chi connectivity index (χ1) is 13.2. The molecule has 7 nitrogen and oxygen atoms in total. The summed E-state index contributed by atoms with van der Waals surface area (Å²) in [7, 11) is 0. The molecular weight excluding hydrogens is 358 g/mol. The van der Waals surface area contributed by atoms with Crippen LogP contribution >= 0.6 is 11.8 Å². The Morgan fingerprint density at radius 3 is 3.04 bits per heavy atom. The van der Waals surface area contributed by atoms with Gasteiger partial charge in [-0.05, 0) is 30.7 Å². The zero-order valence-electron chi connectivity index (χ0n) is 15.3. The molecule has 0 radical (unpaired) electrons. The Morgan fingerprint density at radius 1 is 1.30 bits per heavy atom. The molecule has 4 heterocycles. The minimum atomic E-state index is 0.361. The molecule has 0 bridgehead atoms. The molecule has 27 heavy (non-hydrogen) atoms. The smallest absolute Gasteiger partial charge is 0.191 e. The van der Waals surface area contributed by atoms with Gasteiger partial charge < -0.3 is 15.2 Å². The van der Waals surface area contributed by atoms with Crippen molar-refractivity contribution in [3.05, 3.63) is 54.4 Å². The standard InChI is InChI=1S/C19H23N7S/c1-27-19-23-16(20)10-17(24-19)25-8-3-5-15(13-25)18-22-7-9-26(18)12-14-4-2-6-21-11-14/h2,4,6-7,9-11,15H,3,5,8,12-13H2,1H3,(H2,20,23,24)/t15-/m0/s1. The number of pyridine rings is 1. The van der Waals surface area contributed by atoms with E-state index in [0.717, 1.165) is 44.1 Å². The molecule has 2 N–H and O–H groups in total. The van der Waals surface area contributed by atoms with E-state index >= 15 is 0 Å². The largest absolute Gasteiger partial charge is 0.383 e. The molecule has 1 fully saturated rings. The van der Waals surface area contributed by atoms with Crippen molar-refractivity contribution < 1.29 is 0 Å². The van der Waals surface area contributed by atoms with Crippen LogP contribution in [0.3, 0.4) is 0 Å². The molecule has 0 unspecified atom stereocenters. The number of thioether (sulfide) groups is 1. The number of rotatable bonds is 5. The van der Waals surface area contributed by atoms with Crippen molar-refractivity contribution in [3.63, 3.8) is 0 Å². The number of hydrogen-bond donors (Lipinski definition) is 1. The number of nitrogen functional groups attached to an aromatic ring is 1. The molecule has 1 aliphatic heterocycles. The van der Waals surface area contributed by atoms with Crippen LogP contribution in [0.25, 0.3) is 0 Å². The summed E-state index contributed by atoms with van der Waals surface area (Å²) in [6, 6.07) is 5.93. The van der Waals surface area contributed by atoms with Gasteiger partial charge in [0, 0.05) is 49.9 Å². The van der Waals surface area contributed by atoms with Gasteiger partial charge in [-0.2, -0.15) is 0 Å². The Bertz CT molecular complexity index is 896. The van der Waals surface area contributed by atoms with E-state index in [0.29, 0.717) is 16.9 Å². The third-order valence-corrected chi connectivity index (χ3v) is 5.38. The molecular formula is C19H23N7S. The van der Waals surface area contributed by atoms with Crippen molar-refractivity contribution in [2.75, 3.05) is 30.0 Å². The summed E-state index contributed by atoms with van der Waals surface area (Å²) < 4.78 is 2.23. The zero-order valence-corrected chi connectivity index (χ0v) is 16.1. The van der Waals surface area contributed by atoms with Crippen LogP contribution in [0.5, 0.6) is 0 Å².